The Morgan fingerprint density at radius 1 is 0.857 bits per heavy atom. The van der Waals surface area contributed by atoms with Gasteiger partial charge in [0.05, 0.1) is 4.90 Å². The summed E-state index contributed by atoms with van der Waals surface area (Å²) in [6.07, 6.45) is 0. The molecule has 9 nitrogen and oxygen atoms in total. The summed E-state index contributed by atoms with van der Waals surface area (Å²) in [6, 6.07) is 12.1. The number of nitrogens with two attached hydrogens (primary N) is 1. The highest BCUT2D eigenvalue weighted by atomic mass is 32.2. The molecule has 0 saturated carbocycles. The molecule has 1 heterocycles. The van der Waals surface area contributed by atoms with Crippen molar-refractivity contribution >= 4 is 33.6 Å². The molecule has 3 N–H and O–H groups in total. The maximum absolute atomic E-state index is 13.1. The first-order chi connectivity index (χ1) is 13.1. The van der Waals surface area contributed by atoms with Crippen LogP contribution in [0.1, 0.15) is 5.56 Å². The van der Waals surface area contributed by atoms with Crippen molar-refractivity contribution in [2.24, 2.45) is 0 Å². The number of anilines is 1. The second-order valence-corrected chi connectivity index (χ2v) is 7.98. The molecule has 0 bridgehead atoms. The fourth-order valence-corrected chi connectivity index (χ4v) is 4.29. The molecular weight excluding hydrogens is 384 g/mol. The Balaban J connectivity index is 2.21. The van der Waals surface area contributed by atoms with Crippen LogP contribution in [0.2, 0.25) is 0 Å². The van der Waals surface area contributed by atoms with Gasteiger partial charge >= 0.3 is 6.03 Å². The number of urea groups is 1. The van der Waals surface area contributed by atoms with Crippen LogP contribution in [-0.2, 0) is 25.2 Å². The van der Waals surface area contributed by atoms with E-state index < -0.39 is 33.4 Å². The van der Waals surface area contributed by atoms with Crippen LogP contribution in [-0.4, -0.2) is 50.2 Å². The van der Waals surface area contributed by atoms with Gasteiger partial charge in [0, 0.05) is 19.8 Å². The van der Waals surface area contributed by atoms with E-state index in [-0.39, 0.29) is 10.5 Å². The van der Waals surface area contributed by atoms with E-state index >= 15 is 0 Å². The zero-order chi connectivity index (χ0) is 20.7. The molecule has 2 aromatic rings. The van der Waals surface area contributed by atoms with Crippen molar-refractivity contribution in [3.05, 3.63) is 60.2 Å². The number of hydrogen-bond acceptors (Lipinski definition) is 6. The summed E-state index contributed by atoms with van der Waals surface area (Å²) in [7, 11) is -1.96. The molecule has 1 aliphatic rings. The third-order valence-corrected chi connectivity index (χ3v) is 5.98. The number of benzene rings is 2. The summed E-state index contributed by atoms with van der Waals surface area (Å²) in [5, 5.41) is 0. The standard InChI is InChI=1S/C18H18N4O5S/c1-21-15(23)18(12-6-4-3-5-7-12,16(24)22(2)17(21)25)20-28(26,27)14-10-8-13(19)9-11-14/h3-11,20H,19H2,1-2H3. The Bertz CT molecular complexity index is 1030. The maximum Gasteiger partial charge on any atom is 0.333 e. The van der Waals surface area contributed by atoms with Gasteiger partial charge in [-0.05, 0) is 29.8 Å². The van der Waals surface area contributed by atoms with Crippen molar-refractivity contribution < 1.29 is 22.8 Å². The SMILES string of the molecule is CN1C(=O)N(C)C(=O)C(NS(=O)(=O)c2ccc(N)cc2)(c2ccccc2)C1=O. The van der Waals surface area contributed by atoms with Crippen molar-refractivity contribution in [2.75, 3.05) is 19.8 Å². The second-order valence-electron chi connectivity index (χ2n) is 6.30. The molecule has 4 amide bonds. The van der Waals surface area contributed by atoms with E-state index in [1.54, 1.807) is 18.2 Å². The molecule has 0 atom stereocenters. The average molecular weight is 402 g/mol. The smallest absolute Gasteiger partial charge is 0.333 e. The number of likely N-dealkylation sites (N-methyl/N-ethyl adjacent to an activating group) is 2. The number of carbonyl (C=O) groups excluding carboxylic acids is 3. The molecule has 1 fully saturated rings. The zero-order valence-corrected chi connectivity index (χ0v) is 15.9. The number of rotatable bonds is 4. The van der Waals surface area contributed by atoms with E-state index in [4.69, 9.17) is 5.73 Å². The topological polar surface area (TPSA) is 130 Å². The Hall–Kier alpha value is -3.24. The van der Waals surface area contributed by atoms with Gasteiger partial charge in [0.25, 0.3) is 11.8 Å². The summed E-state index contributed by atoms with van der Waals surface area (Å²) in [5.74, 6) is -1.99. The van der Waals surface area contributed by atoms with E-state index in [9.17, 15) is 22.8 Å². The lowest BCUT2D eigenvalue weighted by molar-refractivity contribution is -0.151. The summed E-state index contributed by atoms with van der Waals surface area (Å²) < 4.78 is 28.2. The van der Waals surface area contributed by atoms with Gasteiger partial charge in [-0.1, -0.05) is 30.3 Å². The fourth-order valence-electron chi connectivity index (χ4n) is 2.98. The Morgan fingerprint density at radius 3 is 1.86 bits per heavy atom. The van der Waals surface area contributed by atoms with Crippen LogP contribution in [0.25, 0.3) is 0 Å². The summed E-state index contributed by atoms with van der Waals surface area (Å²) >= 11 is 0. The number of nitrogens with one attached hydrogen (secondary N) is 1. The zero-order valence-electron chi connectivity index (χ0n) is 15.1. The molecule has 1 aliphatic heterocycles. The third kappa shape index (κ3) is 2.92. The van der Waals surface area contributed by atoms with Gasteiger partial charge in [-0.25, -0.2) is 13.2 Å². The minimum Gasteiger partial charge on any atom is -0.399 e. The van der Waals surface area contributed by atoms with Crippen molar-refractivity contribution in [1.82, 2.24) is 14.5 Å². The highest BCUT2D eigenvalue weighted by molar-refractivity contribution is 7.89. The number of barbiturate groups is 1. The first kappa shape index (κ1) is 19.5. The van der Waals surface area contributed by atoms with Gasteiger partial charge in [-0.15, -0.1) is 0 Å². The first-order valence-electron chi connectivity index (χ1n) is 8.16. The highest BCUT2D eigenvalue weighted by Crippen LogP contribution is 2.32. The summed E-state index contributed by atoms with van der Waals surface area (Å²) in [4.78, 5) is 39.6. The van der Waals surface area contributed by atoms with E-state index in [1.165, 1.54) is 50.5 Å². The Labute approximate surface area is 161 Å². The van der Waals surface area contributed by atoms with Crippen LogP contribution in [0, 0.1) is 0 Å². The van der Waals surface area contributed by atoms with Crippen LogP contribution < -0.4 is 10.5 Å². The summed E-state index contributed by atoms with van der Waals surface area (Å²) in [5.41, 5.74) is 3.72. The molecule has 0 radical (unpaired) electrons. The molecule has 0 unspecified atom stereocenters. The van der Waals surface area contributed by atoms with Gasteiger partial charge in [-0.2, -0.15) is 4.72 Å². The van der Waals surface area contributed by atoms with Gasteiger partial charge in [0.2, 0.25) is 15.6 Å². The summed E-state index contributed by atoms with van der Waals surface area (Å²) in [6.45, 7) is 0. The normalized spacial score (nSPS) is 17.1. The monoisotopic (exact) mass is 402 g/mol. The van der Waals surface area contributed by atoms with Gasteiger partial charge in [0.15, 0.2) is 0 Å². The predicted molar refractivity (Wildman–Crippen MR) is 100 cm³/mol. The maximum atomic E-state index is 13.1. The number of nitrogen functional groups attached to an aromatic ring is 1. The molecule has 1 saturated heterocycles. The van der Waals surface area contributed by atoms with E-state index in [0.717, 1.165) is 0 Å². The first-order valence-corrected chi connectivity index (χ1v) is 9.65. The molecule has 28 heavy (non-hydrogen) atoms. The Kier molecular flexibility index (Phi) is 4.69. The van der Waals surface area contributed by atoms with Crippen molar-refractivity contribution in [3.63, 3.8) is 0 Å². The van der Waals surface area contributed by atoms with Gasteiger partial charge in [0.1, 0.15) is 0 Å². The van der Waals surface area contributed by atoms with E-state index in [1.807, 2.05) is 0 Å². The van der Waals surface area contributed by atoms with Crippen molar-refractivity contribution in [1.29, 1.82) is 0 Å². The molecule has 0 aliphatic carbocycles. The number of hydrogen-bond donors (Lipinski definition) is 2. The van der Waals surface area contributed by atoms with Gasteiger partial charge < -0.3 is 5.73 Å². The van der Waals surface area contributed by atoms with Crippen molar-refractivity contribution in [3.8, 4) is 0 Å². The van der Waals surface area contributed by atoms with Crippen LogP contribution in [0.4, 0.5) is 10.5 Å². The quantitative estimate of drug-likeness (QED) is 0.566. The van der Waals surface area contributed by atoms with Gasteiger partial charge in [-0.3, -0.25) is 19.4 Å². The predicted octanol–water partition coefficient (Wildman–Crippen LogP) is 0.493. The Morgan fingerprint density at radius 2 is 1.36 bits per heavy atom. The van der Waals surface area contributed by atoms with Crippen LogP contribution in [0.5, 0.6) is 0 Å². The number of amides is 4. The number of nitrogens with zero attached hydrogens (tertiary/aromatic N) is 2. The van der Waals surface area contributed by atoms with Crippen LogP contribution >= 0.6 is 0 Å². The minimum atomic E-state index is -4.33. The molecular formula is C18H18N4O5S. The molecule has 146 valence electrons. The van der Waals surface area contributed by atoms with Crippen LogP contribution in [0.15, 0.2) is 59.5 Å². The molecule has 3 rings (SSSR count). The highest BCUT2D eigenvalue weighted by Gasteiger charge is 2.58. The number of imide groups is 2. The largest absolute Gasteiger partial charge is 0.399 e. The molecule has 0 aromatic heterocycles. The second kappa shape index (κ2) is 6.73. The lowest BCUT2D eigenvalue weighted by atomic mass is 9.86. The molecule has 0 spiro atoms. The van der Waals surface area contributed by atoms with Crippen LogP contribution in [0.3, 0.4) is 0 Å². The van der Waals surface area contributed by atoms with Crippen molar-refractivity contribution in [2.45, 2.75) is 10.4 Å². The number of sulfonamides is 1. The third-order valence-electron chi connectivity index (χ3n) is 4.51. The molecule has 2 aromatic carbocycles. The molecule has 10 heteroatoms. The number of carbonyl (C=O) groups is 3. The average Bonchev–Trinajstić information content (AvgIpc) is 2.69. The lowest BCUT2D eigenvalue weighted by Crippen LogP contribution is -2.71. The lowest BCUT2D eigenvalue weighted by Gasteiger charge is -2.41. The fraction of sp³-hybridized carbons (Fsp3) is 0.167. The minimum absolute atomic E-state index is 0.0928. The van der Waals surface area contributed by atoms with E-state index in [0.29, 0.717) is 15.5 Å². The van der Waals surface area contributed by atoms with E-state index in [2.05, 4.69) is 4.72 Å².